The fourth-order valence-corrected chi connectivity index (χ4v) is 3.54. The maximum absolute atomic E-state index is 5.84. The average molecular weight is 361 g/mol. The highest BCUT2D eigenvalue weighted by Crippen LogP contribution is 2.30. The molecule has 0 amide bonds. The Morgan fingerprint density at radius 1 is 1.19 bits per heavy atom. The summed E-state index contributed by atoms with van der Waals surface area (Å²) in [5, 5.41) is 8.77. The highest BCUT2D eigenvalue weighted by Gasteiger charge is 2.26. The van der Waals surface area contributed by atoms with E-state index in [9.17, 15) is 0 Å². The molecular formula is C19H19N7O. The first-order chi connectivity index (χ1) is 13.2. The summed E-state index contributed by atoms with van der Waals surface area (Å²) in [5.74, 6) is 1.18. The number of hydrogen-bond donors (Lipinski definition) is 2. The van der Waals surface area contributed by atoms with E-state index in [1.165, 1.54) is 6.33 Å². The van der Waals surface area contributed by atoms with Crippen molar-refractivity contribution >= 4 is 22.4 Å². The van der Waals surface area contributed by atoms with Gasteiger partial charge in [0, 0.05) is 23.8 Å². The second kappa shape index (κ2) is 6.17. The molecule has 1 aliphatic rings. The fraction of sp³-hybridized carbons (Fsp3) is 0.263. The zero-order chi connectivity index (χ0) is 18.4. The highest BCUT2D eigenvalue weighted by molar-refractivity contribution is 5.91. The molecule has 0 aliphatic heterocycles. The van der Waals surface area contributed by atoms with Gasteiger partial charge < -0.3 is 15.8 Å². The van der Waals surface area contributed by atoms with Crippen LogP contribution < -0.4 is 15.8 Å². The van der Waals surface area contributed by atoms with Gasteiger partial charge in [0.05, 0.1) is 29.7 Å². The first kappa shape index (κ1) is 16.0. The first-order valence-electron chi connectivity index (χ1n) is 8.87. The monoisotopic (exact) mass is 361 g/mol. The lowest BCUT2D eigenvalue weighted by molar-refractivity contribution is 0.371. The number of anilines is 1. The first-order valence-corrected chi connectivity index (χ1v) is 8.87. The summed E-state index contributed by atoms with van der Waals surface area (Å²) >= 11 is 0. The van der Waals surface area contributed by atoms with Crippen LogP contribution >= 0.6 is 0 Å². The Morgan fingerprint density at radius 2 is 2.07 bits per heavy atom. The number of nitrogens with two attached hydrogens (primary N) is 1. The number of nitrogens with one attached hydrogen (secondary N) is 1. The number of hydrogen-bond acceptors (Lipinski definition) is 7. The largest absolute Gasteiger partial charge is 0.480 e. The van der Waals surface area contributed by atoms with E-state index in [-0.39, 0.29) is 0 Å². The van der Waals surface area contributed by atoms with E-state index < -0.39 is 0 Å². The van der Waals surface area contributed by atoms with Crippen molar-refractivity contribution in [1.82, 2.24) is 24.6 Å². The van der Waals surface area contributed by atoms with Crippen molar-refractivity contribution in [3.05, 3.63) is 43.0 Å². The summed E-state index contributed by atoms with van der Waals surface area (Å²) < 4.78 is 7.20. The summed E-state index contributed by atoms with van der Waals surface area (Å²) in [6, 6.07) is 8.72. The van der Waals surface area contributed by atoms with Crippen LogP contribution in [0.1, 0.15) is 12.8 Å². The quantitative estimate of drug-likeness (QED) is 0.574. The second-order valence-corrected chi connectivity index (χ2v) is 6.83. The third kappa shape index (κ3) is 2.74. The van der Waals surface area contributed by atoms with Gasteiger partial charge in [-0.1, -0.05) is 6.07 Å². The highest BCUT2D eigenvalue weighted by atomic mass is 16.5. The van der Waals surface area contributed by atoms with Crippen LogP contribution in [0.2, 0.25) is 0 Å². The fourth-order valence-electron chi connectivity index (χ4n) is 3.54. The van der Waals surface area contributed by atoms with Crippen molar-refractivity contribution in [2.75, 3.05) is 12.4 Å². The molecule has 3 aromatic heterocycles. The van der Waals surface area contributed by atoms with E-state index in [0.29, 0.717) is 23.9 Å². The molecule has 1 aliphatic carbocycles. The molecule has 4 aromatic rings. The Morgan fingerprint density at radius 3 is 2.89 bits per heavy atom. The maximum Gasteiger partial charge on any atom is 0.241 e. The molecule has 0 radical (unpaired) electrons. The Hall–Kier alpha value is -3.26. The molecule has 3 N–H and O–H groups in total. The zero-order valence-electron chi connectivity index (χ0n) is 14.8. The van der Waals surface area contributed by atoms with E-state index in [1.807, 2.05) is 41.2 Å². The molecule has 1 saturated carbocycles. The summed E-state index contributed by atoms with van der Waals surface area (Å²) in [5.41, 5.74) is 9.69. The van der Waals surface area contributed by atoms with Crippen molar-refractivity contribution in [2.45, 2.75) is 24.9 Å². The molecule has 136 valence electrons. The predicted molar refractivity (Wildman–Crippen MR) is 103 cm³/mol. The number of ether oxygens (including phenoxy) is 1. The molecule has 0 unspecified atom stereocenters. The molecule has 27 heavy (non-hydrogen) atoms. The number of aromatic nitrogens is 5. The molecule has 0 spiro atoms. The Balaban J connectivity index is 1.52. The van der Waals surface area contributed by atoms with Crippen LogP contribution in [0.4, 0.5) is 5.95 Å². The number of benzene rings is 1. The number of methoxy groups -OCH3 is 1. The normalized spacial score (nSPS) is 19.2. The van der Waals surface area contributed by atoms with Gasteiger partial charge in [0.15, 0.2) is 0 Å². The molecule has 5 rings (SSSR count). The van der Waals surface area contributed by atoms with Gasteiger partial charge in [-0.25, -0.2) is 19.5 Å². The van der Waals surface area contributed by atoms with E-state index in [4.69, 9.17) is 10.5 Å². The van der Waals surface area contributed by atoms with Gasteiger partial charge >= 0.3 is 0 Å². The van der Waals surface area contributed by atoms with Gasteiger partial charge in [0.2, 0.25) is 11.8 Å². The SMILES string of the molecule is COc1ncnc2ccc(-c3ccn4nc(N[C@H]5C[C@H](N)C5)ncc34)cc12. The lowest BCUT2D eigenvalue weighted by Crippen LogP contribution is -2.44. The van der Waals surface area contributed by atoms with Crippen LogP contribution in [0.15, 0.2) is 43.0 Å². The van der Waals surface area contributed by atoms with Crippen LogP contribution in [0.25, 0.3) is 27.5 Å². The predicted octanol–water partition coefficient (Wildman–Crippen LogP) is 2.25. The minimum atomic E-state index is 0.290. The van der Waals surface area contributed by atoms with Gasteiger partial charge in [-0.15, -0.1) is 5.10 Å². The topological polar surface area (TPSA) is 103 Å². The van der Waals surface area contributed by atoms with Crippen LogP contribution in [0.3, 0.4) is 0 Å². The smallest absolute Gasteiger partial charge is 0.241 e. The standard InChI is InChI=1S/C19H19N7O/c1-27-18-15-6-11(2-3-16(15)22-10-23-18)14-4-5-26-17(14)9-21-19(25-26)24-13-7-12(20)8-13/h2-6,9-10,12-13H,7-8,20H2,1H3,(H,24,25)/t12-,13-. The molecule has 0 saturated heterocycles. The van der Waals surface area contributed by atoms with Gasteiger partial charge in [-0.2, -0.15) is 0 Å². The van der Waals surface area contributed by atoms with E-state index >= 15 is 0 Å². The van der Waals surface area contributed by atoms with Crippen molar-refractivity contribution < 1.29 is 4.74 Å². The maximum atomic E-state index is 5.84. The van der Waals surface area contributed by atoms with Crippen molar-refractivity contribution in [3.63, 3.8) is 0 Å². The Kier molecular flexibility index (Phi) is 3.64. The molecule has 0 bridgehead atoms. The number of nitrogens with zero attached hydrogens (tertiary/aromatic N) is 5. The number of fused-ring (bicyclic) bond motifs is 2. The van der Waals surface area contributed by atoms with Crippen LogP contribution in [0, 0.1) is 0 Å². The van der Waals surface area contributed by atoms with E-state index in [1.54, 1.807) is 7.11 Å². The third-order valence-electron chi connectivity index (χ3n) is 5.03. The molecule has 8 nitrogen and oxygen atoms in total. The van der Waals surface area contributed by atoms with Gasteiger partial charge in [-0.3, -0.25) is 0 Å². The lowest BCUT2D eigenvalue weighted by Gasteiger charge is -2.32. The molecule has 3 heterocycles. The van der Waals surface area contributed by atoms with Crippen molar-refractivity contribution in [1.29, 1.82) is 0 Å². The van der Waals surface area contributed by atoms with E-state index in [0.717, 1.165) is 40.4 Å². The van der Waals surface area contributed by atoms with Crippen LogP contribution in [-0.4, -0.2) is 43.8 Å². The van der Waals surface area contributed by atoms with Crippen LogP contribution in [0.5, 0.6) is 5.88 Å². The molecule has 1 aromatic carbocycles. The Bertz CT molecular complexity index is 1130. The molecule has 1 fully saturated rings. The number of rotatable bonds is 4. The zero-order valence-corrected chi connectivity index (χ0v) is 14.8. The minimum absolute atomic E-state index is 0.290. The summed E-state index contributed by atoms with van der Waals surface area (Å²) in [6.45, 7) is 0. The Labute approximate surface area is 155 Å². The summed E-state index contributed by atoms with van der Waals surface area (Å²) in [7, 11) is 1.61. The lowest BCUT2D eigenvalue weighted by atomic mass is 9.88. The van der Waals surface area contributed by atoms with Gasteiger partial charge in [0.1, 0.15) is 6.33 Å². The molecular weight excluding hydrogens is 342 g/mol. The van der Waals surface area contributed by atoms with Gasteiger partial charge in [-0.05, 0) is 36.6 Å². The third-order valence-corrected chi connectivity index (χ3v) is 5.03. The van der Waals surface area contributed by atoms with Crippen molar-refractivity contribution in [2.24, 2.45) is 5.73 Å². The van der Waals surface area contributed by atoms with E-state index in [2.05, 4.69) is 25.4 Å². The average Bonchev–Trinajstić information content (AvgIpc) is 3.09. The van der Waals surface area contributed by atoms with Crippen LogP contribution in [-0.2, 0) is 0 Å². The van der Waals surface area contributed by atoms with Crippen molar-refractivity contribution in [3.8, 4) is 17.0 Å². The summed E-state index contributed by atoms with van der Waals surface area (Å²) in [4.78, 5) is 13.0. The molecule has 0 atom stereocenters. The summed E-state index contributed by atoms with van der Waals surface area (Å²) in [6.07, 6.45) is 7.20. The second-order valence-electron chi connectivity index (χ2n) is 6.83. The molecule has 8 heteroatoms. The minimum Gasteiger partial charge on any atom is -0.480 e. The van der Waals surface area contributed by atoms with Gasteiger partial charge in [0.25, 0.3) is 0 Å².